The molecule has 0 aromatic heterocycles. The third-order valence-electron chi connectivity index (χ3n) is 2.90. The third kappa shape index (κ3) is 5.09. The van der Waals surface area contributed by atoms with Crippen LogP contribution in [0.4, 0.5) is 0 Å². The van der Waals surface area contributed by atoms with E-state index in [0.29, 0.717) is 6.54 Å². The molecular formula is C14H20N2O3. The highest BCUT2D eigenvalue weighted by Crippen LogP contribution is 2.05. The summed E-state index contributed by atoms with van der Waals surface area (Å²) in [5, 5.41) is 11.4. The maximum Gasteiger partial charge on any atom is 0.320 e. The zero-order valence-corrected chi connectivity index (χ0v) is 11.5. The van der Waals surface area contributed by atoms with Crippen LogP contribution >= 0.6 is 0 Å². The van der Waals surface area contributed by atoms with Gasteiger partial charge in [-0.15, -0.1) is 0 Å². The predicted molar refractivity (Wildman–Crippen MR) is 72.8 cm³/mol. The summed E-state index contributed by atoms with van der Waals surface area (Å²) < 4.78 is 0. The van der Waals surface area contributed by atoms with E-state index in [9.17, 15) is 9.59 Å². The van der Waals surface area contributed by atoms with E-state index >= 15 is 0 Å². The Hall–Kier alpha value is -1.88. The minimum atomic E-state index is -0.964. The second kappa shape index (κ2) is 6.89. The summed E-state index contributed by atoms with van der Waals surface area (Å²) in [6.45, 7) is 4.06. The molecule has 0 fully saturated rings. The molecule has 0 bridgehead atoms. The first-order valence-corrected chi connectivity index (χ1v) is 6.16. The normalized spacial score (nSPS) is 11.9. The largest absolute Gasteiger partial charge is 0.480 e. The van der Waals surface area contributed by atoms with Crippen LogP contribution in [-0.2, 0) is 16.1 Å². The van der Waals surface area contributed by atoms with Crippen LogP contribution in [0, 0.1) is 6.92 Å². The van der Waals surface area contributed by atoms with Gasteiger partial charge in [0, 0.05) is 13.6 Å². The zero-order valence-electron chi connectivity index (χ0n) is 11.5. The number of aryl methyl sites for hydroxylation is 1. The summed E-state index contributed by atoms with van der Waals surface area (Å²) in [5.41, 5.74) is 2.22. The number of likely N-dealkylation sites (N-methyl/N-ethyl adjacent to an activating group) is 1. The smallest absolute Gasteiger partial charge is 0.320 e. The van der Waals surface area contributed by atoms with Gasteiger partial charge >= 0.3 is 5.97 Å². The Balaban J connectivity index is 2.44. The molecule has 1 rings (SSSR count). The lowest BCUT2D eigenvalue weighted by atomic mass is 10.1. The van der Waals surface area contributed by atoms with Gasteiger partial charge in [0.25, 0.3) is 0 Å². The van der Waals surface area contributed by atoms with E-state index in [4.69, 9.17) is 5.11 Å². The van der Waals surface area contributed by atoms with E-state index in [-0.39, 0.29) is 12.5 Å². The first-order chi connectivity index (χ1) is 8.90. The minimum absolute atomic E-state index is 0.0236. The average molecular weight is 264 g/mol. The van der Waals surface area contributed by atoms with E-state index in [1.807, 2.05) is 31.2 Å². The van der Waals surface area contributed by atoms with Crippen LogP contribution in [0.1, 0.15) is 18.1 Å². The molecule has 0 heterocycles. The van der Waals surface area contributed by atoms with Crippen molar-refractivity contribution in [3.8, 4) is 0 Å². The zero-order chi connectivity index (χ0) is 14.4. The van der Waals surface area contributed by atoms with Gasteiger partial charge in [-0.2, -0.15) is 0 Å². The molecule has 0 saturated heterocycles. The number of rotatable bonds is 6. The van der Waals surface area contributed by atoms with Crippen molar-refractivity contribution in [3.63, 3.8) is 0 Å². The standard InChI is InChI=1S/C14H20N2O3/c1-10-4-6-12(7-5-10)9-16(3)13(17)8-15-11(2)14(18)19/h4-7,11,15H,8-9H2,1-3H3,(H,18,19). The molecule has 0 radical (unpaired) electrons. The Labute approximate surface area is 113 Å². The fourth-order valence-electron chi connectivity index (χ4n) is 1.52. The number of nitrogens with zero attached hydrogens (tertiary/aromatic N) is 1. The number of carbonyl (C=O) groups is 2. The second-order valence-electron chi connectivity index (χ2n) is 4.68. The molecule has 0 aliphatic carbocycles. The number of hydrogen-bond acceptors (Lipinski definition) is 3. The molecule has 5 nitrogen and oxygen atoms in total. The number of aliphatic carboxylic acids is 1. The fourth-order valence-corrected chi connectivity index (χ4v) is 1.52. The van der Waals surface area contributed by atoms with Crippen molar-refractivity contribution in [2.75, 3.05) is 13.6 Å². The molecule has 19 heavy (non-hydrogen) atoms. The average Bonchev–Trinajstić information content (AvgIpc) is 2.37. The molecule has 104 valence electrons. The monoisotopic (exact) mass is 264 g/mol. The molecule has 0 spiro atoms. The van der Waals surface area contributed by atoms with Crippen LogP contribution in [0.2, 0.25) is 0 Å². The molecule has 1 unspecified atom stereocenters. The molecule has 1 aromatic carbocycles. The van der Waals surface area contributed by atoms with E-state index in [1.165, 1.54) is 12.5 Å². The van der Waals surface area contributed by atoms with Gasteiger partial charge in [-0.1, -0.05) is 29.8 Å². The molecule has 1 aromatic rings. The topological polar surface area (TPSA) is 69.6 Å². The van der Waals surface area contributed by atoms with Crippen molar-refractivity contribution in [1.29, 1.82) is 0 Å². The number of carbonyl (C=O) groups excluding carboxylic acids is 1. The third-order valence-corrected chi connectivity index (χ3v) is 2.90. The number of amides is 1. The van der Waals surface area contributed by atoms with Crippen molar-refractivity contribution in [1.82, 2.24) is 10.2 Å². The maximum atomic E-state index is 11.8. The SMILES string of the molecule is Cc1ccc(CN(C)C(=O)CNC(C)C(=O)O)cc1. The Kier molecular flexibility index (Phi) is 5.51. The summed E-state index contributed by atoms with van der Waals surface area (Å²) in [4.78, 5) is 24.0. The van der Waals surface area contributed by atoms with E-state index in [0.717, 1.165) is 5.56 Å². The molecule has 1 amide bonds. The predicted octanol–water partition coefficient (Wildman–Crippen LogP) is 1.02. The number of benzene rings is 1. The molecule has 0 aliphatic rings. The van der Waals surface area contributed by atoms with Gasteiger partial charge in [-0.3, -0.25) is 14.9 Å². The van der Waals surface area contributed by atoms with Crippen molar-refractivity contribution in [2.45, 2.75) is 26.4 Å². The number of carboxylic acids is 1. The van der Waals surface area contributed by atoms with E-state index < -0.39 is 12.0 Å². The summed E-state index contributed by atoms with van der Waals surface area (Å²) in [6, 6.07) is 7.23. The van der Waals surface area contributed by atoms with Gasteiger partial charge in [-0.05, 0) is 19.4 Å². The highest BCUT2D eigenvalue weighted by atomic mass is 16.4. The molecule has 0 saturated carbocycles. The lowest BCUT2D eigenvalue weighted by Gasteiger charge is -2.18. The molecule has 0 aliphatic heterocycles. The van der Waals surface area contributed by atoms with Gasteiger partial charge in [-0.25, -0.2) is 0 Å². The van der Waals surface area contributed by atoms with Crippen LogP contribution in [0.15, 0.2) is 24.3 Å². The van der Waals surface area contributed by atoms with Crippen LogP contribution in [0.25, 0.3) is 0 Å². The Bertz CT molecular complexity index is 443. The Morgan fingerprint density at radius 3 is 2.42 bits per heavy atom. The van der Waals surface area contributed by atoms with E-state index in [1.54, 1.807) is 11.9 Å². The molecular weight excluding hydrogens is 244 g/mol. The van der Waals surface area contributed by atoms with Gasteiger partial charge in [0.1, 0.15) is 6.04 Å². The summed E-state index contributed by atoms with van der Waals surface area (Å²) >= 11 is 0. The molecule has 2 N–H and O–H groups in total. The van der Waals surface area contributed by atoms with Gasteiger partial charge in [0.05, 0.1) is 6.54 Å². The van der Waals surface area contributed by atoms with Crippen molar-refractivity contribution < 1.29 is 14.7 Å². The van der Waals surface area contributed by atoms with Crippen LogP contribution in [-0.4, -0.2) is 41.5 Å². The molecule has 1 atom stereocenters. The lowest BCUT2D eigenvalue weighted by Crippen LogP contribution is -2.41. The van der Waals surface area contributed by atoms with Gasteiger partial charge < -0.3 is 10.0 Å². The molecule has 5 heteroatoms. The number of carboxylic acid groups (broad SMARTS) is 1. The van der Waals surface area contributed by atoms with Crippen LogP contribution in [0.5, 0.6) is 0 Å². The number of nitrogens with one attached hydrogen (secondary N) is 1. The Morgan fingerprint density at radius 2 is 1.89 bits per heavy atom. The highest BCUT2D eigenvalue weighted by Gasteiger charge is 2.14. The maximum absolute atomic E-state index is 11.8. The first-order valence-electron chi connectivity index (χ1n) is 6.16. The van der Waals surface area contributed by atoms with Crippen molar-refractivity contribution in [2.24, 2.45) is 0 Å². The summed E-state index contributed by atoms with van der Waals surface area (Å²) in [5.74, 6) is -1.09. The Morgan fingerprint density at radius 1 is 1.32 bits per heavy atom. The second-order valence-corrected chi connectivity index (χ2v) is 4.68. The first kappa shape index (κ1) is 15.2. The van der Waals surface area contributed by atoms with E-state index in [2.05, 4.69) is 5.32 Å². The minimum Gasteiger partial charge on any atom is -0.480 e. The highest BCUT2D eigenvalue weighted by molar-refractivity contribution is 5.79. The van der Waals surface area contributed by atoms with Crippen LogP contribution in [0.3, 0.4) is 0 Å². The van der Waals surface area contributed by atoms with Crippen LogP contribution < -0.4 is 5.32 Å². The lowest BCUT2D eigenvalue weighted by molar-refractivity contribution is -0.139. The summed E-state index contributed by atoms with van der Waals surface area (Å²) in [7, 11) is 1.70. The van der Waals surface area contributed by atoms with Gasteiger partial charge in [0.2, 0.25) is 5.91 Å². The van der Waals surface area contributed by atoms with Gasteiger partial charge in [0.15, 0.2) is 0 Å². The quantitative estimate of drug-likeness (QED) is 0.804. The van der Waals surface area contributed by atoms with Crippen molar-refractivity contribution >= 4 is 11.9 Å². The summed E-state index contributed by atoms with van der Waals surface area (Å²) in [6.07, 6.45) is 0. The van der Waals surface area contributed by atoms with Crippen molar-refractivity contribution in [3.05, 3.63) is 35.4 Å². The number of hydrogen-bond donors (Lipinski definition) is 2. The fraction of sp³-hybridized carbons (Fsp3) is 0.429.